The fourth-order valence-corrected chi connectivity index (χ4v) is 5.06. The topological polar surface area (TPSA) is 37.4 Å². The molecule has 5 rings (SSSR count). The predicted octanol–water partition coefficient (Wildman–Crippen LogP) is 2.44. The van der Waals surface area contributed by atoms with E-state index >= 15 is 0 Å². The van der Waals surface area contributed by atoms with Gasteiger partial charge >= 0.3 is 0 Å². The van der Waals surface area contributed by atoms with Crippen LogP contribution in [0.5, 0.6) is 0 Å². The molecule has 3 aliphatic heterocycles. The van der Waals surface area contributed by atoms with E-state index in [9.17, 15) is 0 Å². The highest BCUT2D eigenvalue weighted by atomic mass is 16.5. The van der Waals surface area contributed by atoms with E-state index in [1.54, 1.807) is 0 Å². The van der Waals surface area contributed by atoms with E-state index in [2.05, 4.69) is 45.5 Å². The lowest BCUT2D eigenvalue weighted by molar-refractivity contribution is 0.107. The number of para-hydroxylation sites is 1. The largest absolute Gasteiger partial charge is 0.379 e. The quantitative estimate of drug-likeness (QED) is 0.878. The van der Waals surface area contributed by atoms with Crippen LogP contribution in [0.4, 0.5) is 5.69 Å². The summed E-state index contributed by atoms with van der Waals surface area (Å²) in [5.41, 5.74) is 2.86. The highest BCUT2D eigenvalue weighted by Crippen LogP contribution is 2.51. The van der Waals surface area contributed by atoms with Gasteiger partial charge in [-0.05, 0) is 43.5 Å². The van der Waals surface area contributed by atoms with Crippen molar-refractivity contribution >= 4 is 16.6 Å². The van der Waals surface area contributed by atoms with Gasteiger partial charge in [0.2, 0.25) is 0 Å². The average Bonchev–Trinajstić information content (AvgIpc) is 3.19. The molecule has 0 aliphatic carbocycles. The zero-order valence-corrected chi connectivity index (χ0v) is 13.4. The number of nitrogens with one attached hydrogen (secondary N) is 1. The van der Waals surface area contributed by atoms with Crippen LogP contribution in [0, 0.1) is 11.3 Å². The number of hydrogen-bond donors (Lipinski definition) is 1. The fourth-order valence-electron chi connectivity index (χ4n) is 5.06. The van der Waals surface area contributed by atoms with Crippen LogP contribution < -0.4 is 10.2 Å². The molecule has 3 saturated heterocycles. The van der Waals surface area contributed by atoms with Crippen LogP contribution in [0.3, 0.4) is 0 Å². The lowest BCUT2D eigenvalue weighted by atomic mass is 9.70. The summed E-state index contributed by atoms with van der Waals surface area (Å²) < 4.78 is 5.93. The van der Waals surface area contributed by atoms with Crippen molar-refractivity contribution in [2.24, 2.45) is 11.3 Å². The Bertz CT molecular complexity index is 720. The number of anilines is 1. The second-order valence-corrected chi connectivity index (χ2v) is 7.30. The van der Waals surface area contributed by atoms with Gasteiger partial charge in [0.1, 0.15) is 0 Å². The number of hydrogen-bond acceptors (Lipinski definition) is 4. The highest BCUT2D eigenvalue weighted by molar-refractivity contribution is 5.91. The molecule has 1 spiro atoms. The molecule has 120 valence electrons. The summed E-state index contributed by atoms with van der Waals surface area (Å²) in [7, 11) is 0. The summed E-state index contributed by atoms with van der Waals surface area (Å²) >= 11 is 0. The normalized spacial score (nSPS) is 29.3. The standard InChI is InChI=1S/C19H23N3O/c1-2-4-16-14(3-1)17(5-8-21-16)22-13-19(6-9-20-10-7-19)15-11-23-12-18(15)22/h1-5,8,15,18,20H,6-7,9-13H2/t15-,18+/m1/s1. The molecule has 0 unspecified atom stereocenters. The molecule has 4 heteroatoms. The molecule has 3 aliphatic rings. The van der Waals surface area contributed by atoms with E-state index in [0.29, 0.717) is 17.4 Å². The number of piperidine rings is 1. The molecule has 1 aromatic carbocycles. The molecule has 23 heavy (non-hydrogen) atoms. The fraction of sp³-hybridized carbons (Fsp3) is 0.526. The number of benzene rings is 1. The molecule has 0 radical (unpaired) electrons. The van der Waals surface area contributed by atoms with Gasteiger partial charge in [-0.1, -0.05) is 18.2 Å². The Morgan fingerprint density at radius 2 is 2.00 bits per heavy atom. The van der Waals surface area contributed by atoms with Crippen LogP contribution in [0.15, 0.2) is 36.5 Å². The van der Waals surface area contributed by atoms with Gasteiger partial charge in [-0.2, -0.15) is 0 Å². The second kappa shape index (κ2) is 5.18. The molecule has 4 nitrogen and oxygen atoms in total. The third-order valence-electron chi connectivity index (χ3n) is 6.26. The Morgan fingerprint density at radius 1 is 1.13 bits per heavy atom. The monoisotopic (exact) mass is 309 g/mol. The van der Waals surface area contributed by atoms with E-state index in [1.165, 1.54) is 30.5 Å². The summed E-state index contributed by atoms with van der Waals surface area (Å²) in [5.74, 6) is 0.677. The minimum atomic E-state index is 0.427. The number of aromatic nitrogens is 1. The van der Waals surface area contributed by atoms with Crippen LogP contribution in [-0.2, 0) is 4.74 Å². The first-order valence-electron chi connectivity index (χ1n) is 8.76. The predicted molar refractivity (Wildman–Crippen MR) is 91.7 cm³/mol. The molecule has 4 heterocycles. The van der Waals surface area contributed by atoms with Crippen LogP contribution in [0.2, 0.25) is 0 Å². The third kappa shape index (κ3) is 2.01. The molecule has 0 amide bonds. The van der Waals surface area contributed by atoms with Gasteiger partial charge in [0.05, 0.1) is 24.8 Å². The third-order valence-corrected chi connectivity index (χ3v) is 6.26. The number of fused-ring (bicyclic) bond motifs is 3. The van der Waals surface area contributed by atoms with Gasteiger partial charge in [-0.25, -0.2) is 0 Å². The van der Waals surface area contributed by atoms with Gasteiger partial charge in [-0.3, -0.25) is 4.98 Å². The number of ether oxygens (including phenoxy) is 1. The average molecular weight is 309 g/mol. The first-order valence-corrected chi connectivity index (χ1v) is 8.76. The Hall–Kier alpha value is -1.65. The molecule has 2 atom stereocenters. The van der Waals surface area contributed by atoms with E-state index in [1.807, 2.05) is 6.20 Å². The second-order valence-electron chi connectivity index (χ2n) is 7.30. The number of rotatable bonds is 1. The summed E-state index contributed by atoms with van der Waals surface area (Å²) in [6.07, 6.45) is 4.50. The molecule has 3 fully saturated rings. The molecular formula is C19H23N3O. The van der Waals surface area contributed by atoms with Gasteiger partial charge in [0.15, 0.2) is 0 Å². The minimum Gasteiger partial charge on any atom is -0.379 e. The van der Waals surface area contributed by atoms with Crippen molar-refractivity contribution in [3.8, 4) is 0 Å². The van der Waals surface area contributed by atoms with E-state index in [0.717, 1.165) is 31.8 Å². The maximum atomic E-state index is 5.93. The lowest BCUT2D eigenvalue weighted by Crippen LogP contribution is -2.42. The van der Waals surface area contributed by atoms with Crippen LogP contribution in [0.1, 0.15) is 12.8 Å². The first-order chi connectivity index (χ1) is 11.4. The summed E-state index contributed by atoms with van der Waals surface area (Å²) in [6.45, 7) is 5.27. The Morgan fingerprint density at radius 3 is 2.91 bits per heavy atom. The first kappa shape index (κ1) is 13.8. The van der Waals surface area contributed by atoms with Crippen molar-refractivity contribution in [1.82, 2.24) is 10.3 Å². The maximum absolute atomic E-state index is 5.93. The molecular weight excluding hydrogens is 286 g/mol. The zero-order chi connectivity index (χ0) is 15.3. The minimum absolute atomic E-state index is 0.427. The van der Waals surface area contributed by atoms with E-state index < -0.39 is 0 Å². The molecule has 0 saturated carbocycles. The number of pyridine rings is 1. The van der Waals surface area contributed by atoms with Gasteiger partial charge in [-0.15, -0.1) is 0 Å². The van der Waals surface area contributed by atoms with Crippen molar-refractivity contribution in [3.05, 3.63) is 36.5 Å². The van der Waals surface area contributed by atoms with Crippen LogP contribution in [0.25, 0.3) is 10.9 Å². The number of nitrogens with zero attached hydrogens (tertiary/aromatic N) is 2. The van der Waals surface area contributed by atoms with Crippen molar-refractivity contribution in [1.29, 1.82) is 0 Å². The highest BCUT2D eigenvalue weighted by Gasteiger charge is 2.55. The molecule has 2 aromatic rings. The summed E-state index contributed by atoms with van der Waals surface area (Å²) in [6, 6.07) is 11.2. The lowest BCUT2D eigenvalue weighted by Gasteiger charge is -2.37. The van der Waals surface area contributed by atoms with Gasteiger partial charge in [0.25, 0.3) is 0 Å². The van der Waals surface area contributed by atoms with Gasteiger partial charge < -0.3 is 15.0 Å². The Labute approximate surface area is 136 Å². The van der Waals surface area contributed by atoms with Crippen LogP contribution >= 0.6 is 0 Å². The zero-order valence-electron chi connectivity index (χ0n) is 13.4. The van der Waals surface area contributed by atoms with Crippen molar-refractivity contribution < 1.29 is 4.74 Å². The SMILES string of the molecule is c1ccc2c(N3CC4(CCNCC4)[C@@H]4COC[C@@H]43)ccnc2c1. The maximum Gasteiger partial charge on any atom is 0.0722 e. The van der Waals surface area contributed by atoms with Crippen molar-refractivity contribution in [2.75, 3.05) is 37.7 Å². The summed E-state index contributed by atoms with van der Waals surface area (Å²) in [4.78, 5) is 7.17. The van der Waals surface area contributed by atoms with Crippen molar-refractivity contribution in [2.45, 2.75) is 18.9 Å². The Balaban J connectivity index is 1.60. The Kier molecular flexibility index (Phi) is 3.10. The smallest absolute Gasteiger partial charge is 0.0722 e. The van der Waals surface area contributed by atoms with Gasteiger partial charge in [0, 0.05) is 29.7 Å². The molecule has 0 bridgehead atoms. The van der Waals surface area contributed by atoms with E-state index in [4.69, 9.17) is 4.74 Å². The van der Waals surface area contributed by atoms with Crippen molar-refractivity contribution in [3.63, 3.8) is 0 Å². The summed E-state index contributed by atoms with van der Waals surface area (Å²) in [5, 5.41) is 4.80. The van der Waals surface area contributed by atoms with E-state index in [-0.39, 0.29) is 0 Å². The van der Waals surface area contributed by atoms with Crippen LogP contribution in [-0.4, -0.2) is 43.9 Å². The molecule has 1 aromatic heterocycles. The molecule has 1 N–H and O–H groups in total.